The number of esters is 1. The van der Waals surface area contributed by atoms with E-state index in [2.05, 4.69) is 19.2 Å². The Balaban J connectivity index is 1.51. The van der Waals surface area contributed by atoms with Crippen LogP contribution in [0.15, 0.2) is 24.3 Å². The molecule has 140 valence electrons. The third-order valence-electron chi connectivity index (χ3n) is 4.92. The van der Waals surface area contributed by atoms with Crippen LogP contribution in [-0.4, -0.2) is 46.0 Å². The van der Waals surface area contributed by atoms with E-state index < -0.39 is 17.9 Å². The van der Waals surface area contributed by atoms with Crippen molar-refractivity contribution >= 4 is 35.2 Å². The van der Waals surface area contributed by atoms with E-state index in [9.17, 15) is 14.4 Å². The number of fused-ring (bicyclic) bond motifs is 1. The monoisotopic (exact) mass is 376 g/mol. The van der Waals surface area contributed by atoms with Crippen molar-refractivity contribution in [3.05, 3.63) is 29.8 Å². The molecule has 0 spiro atoms. The SMILES string of the molecule is CC(C)c1ccc(NC(=O)COC(=O)[C@H]2CS[C@]3(C)CCC(=O)N23)cc1. The number of hydrogen-bond acceptors (Lipinski definition) is 5. The Labute approximate surface area is 157 Å². The summed E-state index contributed by atoms with van der Waals surface area (Å²) in [5, 5.41) is 2.71. The van der Waals surface area contributed by atoms with Crippen LogP contribution < -0.4 is 5.32 Å². The summed E-state index contributed by atoms with van der Waals surface area (Å²) in [7, 11) is 0. The quantitative estimate of drug-likeness (QED) is 0.800. The first kappa shape index (κ1) is 18.8. The maximum absolute atomic E-state index is 12.3. The van der Waals surface area contributed by atoms with Crippen LogP contribution in [0.1, 0.15) is 45.1 Å². The molecule has 2 aliphatic heterocycles. The third kappa shape index (κ3) is 3.72. The topological polar surface area (TPSA) is 75.7 Å². The fraction of sp³-hybridized carbons (Fsp3) is 0.526. The second kappa shape index (κ2) is 7.31. The molecule has 2 atom stereocenters. The summed E-state index contributed by atoms with van der Waals surface area (Å²) in [6.45, 7) is 5.82. The fourth-order valence-electron chi connectivity index (χ4n) is 3.38. The van der Waals surface area contributed by atoms with Gasteiger partial charge in [0.05, 0.1) is 4.87 Å². The van der Waals surface area contributed by atoms with Gasteiger partial charge in [-0.15, -0.1) is 11.8 Å². The molecule has 1 aromatic carbocycles. The summed E-state index contributed by atoms with van der Waals surface area (Å²) < 4.78 is 5.17. The van der Waals surface area contributed by atoms with Gasteiger partial charge in [0.25, 0.3) is 5.91 Å². The predicted octanol–water partition coefficient (Wildman–Crippen LogP) is 2.75. The second-order valence-electron chi connectivity index (χ2n) is 7.20. The van der Waals surface area contributed by atoms with E-state index in [1.807, 2.05) is 31.2 Å². The van der Waals surface area contributed by atoms with Crippen molar-refractivity contribution in [2.45, 2.75) is 50.4 Å². The van der Waals surface area contributed by atoms with Crippen LogP contribution in [0.5, 0.6) is 0 Å². The molecule has 0 radical (unpaired) electrons. The summed E-state index contributed by atoms with van der Waals surface area (Å²) in [6, 6.07) is 6.98. The van der Waals surface area contributed by atoms with Crippen molar-refractivity contribution in [1.29, 1.82) is 0 Å². The van der Waals surface area contributed by atoms with Gasteiger partial charge in [-0.25, -0.2) is 4.79 Å². The van der Waals surface area contributed by atoms with E-state index in [0.29, 0.717) is 23.8 Å². The van der Waals surface area contributed by atoms with Gasteiger partial charge in [-0.2, -0.15) is 0 Å². The van der Waals surface area contributed by atoms with Crippen LogP contribution in [0, 0.1) is 0 Å². The standard InChI is InChI=1S/C19H24N2O4S/c1-12(2)13-4-6-14(7-5-13)20-16(22)10-25-18(24)15-11-26-19(3)9-8-17(23)21(15)19/h4-7,12,15H,8-11H2,1-3H3,(H,20,22)/t15-,19-/m1/s1. The highest BCUT2D eigenvalue weighted by Crippen LogP contribution is 2.47. The molecule has 0 aromatic heterocycles. The summed E-state index contributed by atoms with van der Waals surface area (Å²) in [5.74, 6) is 0.0102. The Bertz CT molecular complexity index is 719. The number of carbonyl (C=O) groups is 3. The average molecular weight is 376 g/mol. The summed E-state index contributed by atoms with van der Waals surface area (Å²) in [6.07, 6.45) is 1.20. The maximum Gasteiger partial charge on any atom is 0.330 e. The Hall–Kier alpha value is -2.02. The van der Waals surface area contributed by atoms with Crippen LogP contribution in [0.4, 0.5) is 5.69 Å². The molecule has 2 amide bonds. The van der Waals surface area contributed by atoms with Gasteiger partial charge in [-0.1, -0.05) is 26.0 Å². The molecule has 1 N–H and O–H groups in total. The van der Waals surface area contributed by atoms with Gasteiger partial charge in [0.1, 0.15) is 6.04 Å². The number of ether oxygens (including phenoxy) is 1. The van der Waals surface area contributed by atoms with E-state index in [1.165, 1.54) is 5.56 Å². The molecule has 6 nitrogen and oxygen atoms in total. The summed E-state index contributed by atoms with van der Waals surface area (Å²) in [4.78, 5) is 37.7. The molecule has 0 bridgehead atoms. The van der Waals surface area contributed by atoms with Crippen molar-refractivity contribution < 1.29 is 19.1 Å². The van der Waals surface area contributed by atoms with Crippen LogP contribution in [0.25, 0.3) is 0 Å². The van der Waals surface area contributed by atoms with Crippen LogP contribution in [0.2, 0.25) is 0 Å². The molecule has 3 rings (SSSR count). The zero-order chi connectivity index (χ0) is 18.9. The van der Waals surface area contributed by atoms with Gasteiger partial charge in [0.15, 0.2) is 6.61 Å². The van der Waals surface area contributed by atoms with Crippen LogP contribution in [0.3, 0.4) is 0 Å². The molecule has 1 aromatic rings. The molecule has 7 heteroatoms. The van der Waals surface area contributed by atoms with Gasteiger partial charge in [0.2, 0.25) is 5.91 Å². The first-order valence-corrected chi connectivity index (χ1v) is 9.81. The van der Waals surface area contributed by atoms with Crippen molar-refractivity contribution in [2.24, 2.45) is 0 Å². The molecular formula is C19H24N2O4S. The lowest BCUT2D eigenvalue weighted by Crippen LogP contribution is -2.47. The van der Waals surface area contributed by atoms with E-state index in [-0.39, 0.29) is 17.4 Å². The highest BCUT2D eigenvalue weighted by molar-refractivity contribution is 8.01. The van der Waals surface area contributed by atoms with Gasteiger partial charge in [0, 0.05) is 17.9 Å². The van der Waals surface area contributed by atoms with Gasteiger partial charge in [-0.05, 0) is 37.0 Å². The predicted molar refractivity (Wildman–Crippen MR) is 101 cm³/mol. The number of thioether (sulfide) groups is 1. The van der Waals surface area contributed by atoms with Gasteiger partial charge >= 0.3 is 5.97 Å². The van der Waals surface area contributed by atoms with Crippen molar-refractivity contribution in [3.63, 3.8) is 0 Å². The van der Waals surface area contributed by atoms with Crippen LogP contribution >= 0.6 is 11.8 Å². The maximum atomic E-state index is 12.3. The largest absolute Gasteiger partial charge is 0.454 e. The number of amides is 2. The minimum absolute atomic E-state index is 0.0193. The first-order valence-electron chi connectivity index (χ1n) is 8.83. The number of hydrogen-bond donors (Lipinski definition) is 1. The Morgan fingerprint density at radius 3 is 2.69 bits per heavy atom. The van der Waals surface area contributed by atoms with Crippen molar-refractivity contribution in [3.8, 4) is 0 Å². The lowest BCUT2D eigenvalue weighted by molar-refractivity contribution is -0.155. The molecule has 0 unspecified atom stereocenters. The zero-order valence-corrected chi connectivity index (χ0v) is 16.1. The van der Waals surface area contributed by atoms with Crippen molar-refractivity contribution in [2.75, 3.05) is 17.7 Å². The summed E-state index contributed by atoms with van der Waals surface area (Å²) in [5.41, 5.74) is 1.85. The highest BCUT2D eigenvalue weighted by atomic mass is 32.2. The Kier molecular flexibility index (Phi) is 5.27. The normalized spacial score (nSPS) is 24.7. The number of benzene rings is 1. The first-order chi connectivity index (χ1) is 12.3. The lowest BCUT2D eigenvalue weighted by Gasteiger charge is -2.29. The lowest BCUT2D eigenvalue weighted by atomic mass is 10.0. The van der Waals surface area contributed by atoms with Crippen LogP contribution in [-0.2, 0) is 19.1 Å². The average Bonchev–Trinajstić information content (AvgIpc) is 3.09. The van der Waals surface area contributed by atoms with Crippen molar-refractivity contribution in [1.82, 2.24) is 4.90 Å². The molecule has 2 saturated heterocycles. The molecule has 2 aliphatic rings. The summed E-state index contributed by atoms with van der Waals surface area (Å²) >= 11 is 1.60. The van der Waals surface area contributed by atoms with E-state index in [0.717, 1.165) is 6.42 Å². The number of nitrogens with zero attached hydrogens (tertiary/aromatic N) is 1. The Morgan fingerprint density at radius 2 is 2.04 bits per heavy atom. The number of rotatable bonds is 5. The number of carbonyl (C=O) groups excluding carboxylic acids is 3. The molecule has 2 fully saturated rings. The van der Waals surface area contributed by atoms with Gasteiger partial charge in [-0.3, -0.25) is 9.59 Å². The number of nitrogens with one attached hydrogen (secondary N) is 1. The fourth-order valence-corrected chi connectivity index (χ4v) is 4.79. The minimum atomic E-state index is -0.599. The molecule has 26 heavy (non-hydrogen) atoms. The minimum Gasteiger partial charge on any atom is -0.454 e. The zero-order valence-electron chi connectivity index (χ0n) is 15.3. The smallest absolute Gasteiger partial charge is 0.330 e. The molecule has 0 saturated carbocycles. The highest BCUT2D eigenvalue weighted by Gasteiger charge is 2.53. The van der Waals surface area contributed by atoms with E-state index >= 15 is 0 Å². The van der Waals surface area contributed by atoms with E-state index in [1.54, 1.807) is 16.7 Å². The number of anilines is 1. The third-order valence-corrected chi connectivity index (χ3v) is 6.43. The Morgan fingerprint density at radius 1 is 1.35 bits per heavy atom. The molecule has 0 aliphatic carbocycles. The van der Waals surface area contributed by atoms with E-state index in [4.69, 9.17) is 4.74 Å². The van der Waals surface area contributed by atoms with Gasteiger partial charge < -0.3 is 15.0 Å². The second-order valence-corrected chi connectivity index (χ2v) is 8.70. The molecular weight excluding hydrogens is 352 g/mol. The molecule has 2 heterocycles.